The van der Waals surface area contributed by atoms with Crippen LogP contribution in [0.3, 0.4) is 0 Å². The first-order chi connectivity index (χ1) is 13.5. The van der Waals surface area contributed by atoms with Gasteiger partial charge in [-0.15, -0.1) is 0 Å². The Balaban J connectivity index is 2.01. The summed E-state index contributed by atoms with van der Waals surface area (Å²) in [6.07, 6.45) is 1.72. The SMILES string of the molecule is O=CNCC(=O)NC(CC1CCCNC1=O)C(=O)C(=O)NCc1ccccc1. The van der Waals surface area contributed by atoms with Crippen molar-refractivity contribution >= 4 is 29.9 Å². The summed E-state index contributed by atoms with van der Waals surface area (Å²) in [6, 6.07) is 7.93. The van der Waals surface area contributed by atoms with E-state index in [0.717, 1.165) is 12.0 Å². The Hall–Kier alpha value is -3.23. The summed E-state index contributed by atoms with van der Waals surface area (Å²) in [5.74, 6) is -2.95. The van der Waals surface area contributed by atoms with E-state index in [9.17, 15) is 24.0 Å². The first kappa shape index (κ1) is 21.1. The molecule has 2 atom stereocenters. The van der Waals surface area contributed by atoms with Crippen LogP contribution in [0.5, 0.6) is 0 Å². The average Bonchev–Trinajstić information content (AvgIpc) is 2.71. The maximum absolute atomic E-state index is 12.6. The van der Waals surface area contributed by atoms with Crippen LogP contribution in [-0.2, 0) is 30.5 Å². The number of piperidine rings is 1. The van der Waals surface area contributed by atoms with Crippen LogP contribution < -0.4 is 21.3 Å². The maximum Gasteiger partial charge on any atom is 0.289 e. The highest BCUT2D eigenvalue weighted by molar-refractivity contribution is 6.38. The van der Waals surface area contributed by atoms with Crippen molar-refractivity contribution in [3.8, 4) is 0 Å². The molecule has 1 heterocycles. The Morgan fingerprint density at radius 3 is 2.64 bits per heavy atom. The number of carbonyl (C=O) groups excluding carboxylic acids is 5. The number of amides is 4. The van der Waals surface area contributed by atoms with Gasteiger partial charge in [0.05, 0.1) is 12.6 Å². The van der Waals surface area contributed by atoms with Crippen molar-refractivity contribution in [2.75, 3.05) is 13.1 Å². The monoisotopic (exact) mass is 388 g/mol. The highest BCUT2D eigenvalue weighted by atomic mass is 16.2. The van der Waals surface area contributed by atoms with Crippen molar-refractivity contribution in [3.05, 3.63) is 35.9 Å². The molecule has 28 heavy (non-hydrogen) atoms. The third-order valence-electron chi connectivity index (χ3n) is 4.44. The second kappa shape index (κ2) is 10.8. The molecule has 1 aliphatic rings. The largest absolute Gasteiger partial charge is 0.356 e. The van der Waals surface area contributed by atoms with Crippen LogP contribution in [0.25, 0.3) is 0 Å². The average molecular weight is 388 g/mol. The number of Topliss-reactive ketones (excluding diaryl/α,β-unsaturated/α-hetero) is 1. The lowest BCUT2D eigenvalue weighted by molar-refractivity contribution is -0.141. The third kappa shape index (κ3) is 6.49. The number of benzene rings is 1. The standard InChI is InChI=1S/C19H24N4O5/c24-12-20-11-16(25)23-15(9-14-7-4-8-21-18(14)27)17(26)19(28)22-10-13-5-2-1-3-6-13/h1-3,5-6,12,14-15H,4,7-11H2,(H,20,24)(H,21,27)(H,22,28)(H,23,25). The summed E-state index contributed by atoms with van der Waals surface area (Å²) in [5, 5.41) is 9.89. The van der Waals surface area contributed by atoms with Crippen LogP contribution in [0.2, 0.25) is 0 Å². The summed E-state index contributed by atoms with van der Waals surface area (Å²) in [6.45, 7) is 0.416. The minimum Gasteiger partial charge on any atom is -0.356 e. The van der Waals surface area contributed by atoms with Crippen molar-refractivity contribution in [3.63, 3.8) is 0 Å². The van der Waals surface area contributed by atoms with Crippen molar-refractivity contribution in [1.29, 1.82) is 0 Å². The lowest BCUT2D eigenvalue weighted by Crippen LogP contribution is -2.51. The summed E-state index contributed by atoms with van der Waals surface area (Å²) < 4.78 is 0. The number of rotatable bonds is 10. The Bertz CT molecular complexity index is 722. The van der Waals surface area contributed by atoms with Crippen LogP contribution in [0, 0.1) is 5.92 Å². The molecule has 9 heteroatoms. The lowest BCUT2D eigenvalue weighted by atomic mass is 9.90. The number of nitrogens with one attached hydrogen (secondary N) is 4. The molecule has 1 aromatic rings. The number of hydrogen-bond donors (Lipinski definition) is 4. The van der Waals surface area contributed by atoms with E-state index in [4.69, 9.17) is 0 Å². The summed E-state index contributed by atoms with van der Waals surface area (Å²) in [7, 11) is 0. The quantitative estimate of drug-likeness (QED) is 0.302. The van der Waals surface area contributed by atoms with E-state index in [0.29, 0.717) is 19.4 Å². The van der Waals surface area contributed by atoms with Crippen LogP contribution in [0.15, 0.2) is 30.3 Å². The Morgan fingerprint density at radius 2 is 1.96 bits per heavy atom. The molecule has 1 saturated heterocycles. The zero-order chi connectivity index (χ0) is 20.4. The third-order valence-corrected chi connectivity index (χ3v) is 4.44. The molecule has 150 valence electrons. The van der Waals surface area contributed by atoms with Crippen molar-refractivity contribution in [2.45, 2.75) is 31.8 Å². The molecular formula is C19H24N4O5. The summed E-state index contributed by atoms with van der Waals surface area (Å²) >= 11 is 0. The number of hydrogen-bond acceptors (Lipinski definition) is 5. The van der Waals surface area contributed by atoms with Gasteiger partial charge in [0, 0.05) is 19.0 Å². The van der Waals surface area contributed by atoms with Crippen molar-refractivity contribution in [2.24, 2.45) is 5.92 Å². The molecule has 4 N–H and O–H groups in total. The Labute approximate surface area is 162 Å². The molecule has 9 nitrogen and oxygen atoms in total. The molecule has 0 aromatic heterocycles. The molecule has 2 rings (SSSR count). The zero-order valence-corrected chi connectivity index (χ0v) is 15.4. The second-order valence-corrected chi connectivity index (χ2v) is 6.52. The van der Waals surface area contributed by atoms with E-state index in [1.807, 2.05) is 30.3 Å². The van der Waals surface area contributed by atoms with Gasteiger partial charge in [-0.05, 0) is 24.8 Å². The molecule has 1 aromatic carbocycles. The van der Waals surface area contributed by atoms with Gasteiger partial charge in [-0.3, -0.25) is 24.0 Å². The summed E-state index contributed by atoms with van der Waals surface area (Å²) in [5.41, 5.74) is 0.825. The molecule has 1 aliphatic heterocycles. The summed E-state index contributed by atoms with van der Waals surface area (Å²) in [4.78, 5) is 59.2. The van der Waals surface area contributed by atoms with Gasteiger partial charge in [-0.2, -0.15) is 0 Å². The van der Waals surface area contributed by atoms with Gasteiger partial charge in [0.1, 0.15) is 0 Å². The van der Waals surface area contributed by atoms with E-state index >= 15 is 0 Å². The lowest BCUT2D eigenvalue weighted by Gasteiger charge is -2.26. The molecule has 2 unspecified atom stereocenters. The van der Waals surface area contributed by atoms with E-state index in [-0.39, 0.29) is 25.4 Å². The van der Waals surface area contributed by atoms with Crippen molar-refractivity contribution in [1.82, 2.24) is 21.3 Å². The van der Waals surface area contributed by atoms with E-state index in [1.54, 1.807) is 0 Å². The van der Waals surface area contributed by atoms with Crippen LogP contribution >= 0.6 is 0 Å². The molecule has 4 amide bonds. The van der Waals surface area contributed by atoms with Gasteiger partial charge in [0.25, 0.3) is 5.91 Å². The minimum atomic E-state index is -1.15. The second-order valence-electron chi connectivity index (χ2n) is 6.52. The van der Waals surface area contributed by atoms with Gasteiger partial charge >= 0.3 is 0 Å². The fourth-order valence-corrected chi connectivity index (χ4v) is 2.98. The molecule has 0 radical (unpaired) electrons. The molecule has 0 saturated carbocycles. The fourth-order valence-electron chi connectivity index (χ4n) is 2.98. The van der Waals surface area contributed by atoms with Gasteiger partial charge in [0.15, 0.2) is 0 Å². The van der Waals surface area contributed by atoms with Crippen LogP contribution in [0.4, 0.5) is 0 Å². The smallest absolute Gasteiger partial charge is 0.289 e. The van der Waals surface area contributed by atoms with Gasteiger partial charge in [0.2, 0.25) is 24.0 Å². The fraction of sp³-hybridized carbons (Fsp3) is 0.421. The first-order valence-electron chi connectivity index (χ1n) is 9.11. The highest BCUT2D eigenvalue weighted by Crippen LogP contribution is 2.18. The topological polar surface area (TPSA) is 133 Å². The zero-order valence-electron chi connectivity index (χ0n) is 15.4. The van der Waals surface area contributed by atoms with E-state index in [1.165, 1.54) is 0 Å². The Kier molecular flexibility index (Phi) is 8.13. The van der Waals surface area contributed by atoms with Gasteiger partial charge in [-0.1, -0.05) is 30.3 Å². The van der Waals surface area contributed by atoms with Crippen LogP contribution in [-0.4, -0.2) is 49.0 Å². The van der Waals surface area contributed by atoms with E-state index in [2.05, 4.69) is 21.3 Å². The Morgan fingerprint density at radius 1 is 1.21 bits per heavy atom. The maximum atomic E-state index is 12.6. The predicted octanol–water partition coefficient (Wildman–Crippen LogP) is -0.981. The van der Waals surface area contributed by atoms with Gasteiger partial charge in [-0.25, -0.2) is 0 Å². The number of carbonyl (C=O) groups is 5. The molecule has 0 spiro atoms. The molecule has 1 fully saturated rings. The van der Waals surface area contributed by atoms with Gasteiger partial charge < -0.3 is 21.3 Å². The van der Waals surface area contributed by atoms with Crippen LogP contribution in [0.1, 0.15) is 24.8 Å². The highest BCUT2D eigenvalue weighted by Gasteiger charge is 2.32. The predicted molar refractivity (Wildman–Crippen MR) is 99.6 cm³/mol. The van der Waals surface area contributed by atoms with E-state index < -0.39 is 29.6 Å². The minimum absolute atomic E-state index is 0.0241. The molecule has 0 bridgehead atoms. The normalized spacial score (nSPS) is 17.0. The number of ketones is 1. The van der Waals surface area contributed by atoms with Crippen molar-refractivity contribution < 1.29 is 24.0 Å². The first-order valence-corrected chi connectivity index (χ1v) is 9.11. The molecular weight excluding hydrogens is 364 g/mol. The molecule has 0 aliphatic carbocycles.